The fourth-order valence-corrected chi connectivity index (χ4v) is 2.92. The minimum absolute atomic E-state index is 0.0303. The minimum atomic E-state index is -0.732. The van der Waals surface area contributed by atoms with E-state index in [0.29, 0.717) is 11.7 Å². The van der Waals surface area contributed by atoms with E-state index in [2.05, 4.69) is 0 Å². The molecule has 0 N–H and O–H groups in total. The molecule has 1 aromatic rings. The molecule has 2 heterocycles. The number of rotatable bonds is 3. The third-order valence-electron chi connectivity index (χ3n) is 4.16. The molecule has 1 aromatic carbocycles. The molecular formula is C16H17NO5. The maximum Gasteiger partial charge on any atom is 0.361 e. The van der Waals surface area contributed by atoms with Gasteiger partial charge in [0, 0.05) is 12.5 Å². The smallest absolute Gasteiger partial charge is 0.361 e. The maximum atomic E-state index is 12.3. The number of benzene rings is 1. The molecule has 0 aromatic heterocycles. The Morgan fingerprint density at radius 2 is 1.82 bits per heavy atom. The molecule has 3 rings (SSSR count). The first-order chi connectivity index (χ1) is 10.5. The van der Waals surface area contributed by atoms with E-state index in [9.17, 15) is 14.4 Å². The van der Waals surface area contributed by atoms with E-state index >= 15 is 0 Å². The quantitative estimate of drug-likeness (QED) is 0.796. The van der Waals surface area contributed by atoms with E-state index in [0.717, 1.165) is 6.42 Å². The van der Waals surface area contributed by atoms with Crippen LogP contribution in [-0.2, 0) is 14.4 Å². The lowest BCUT2D eigenvalue weighted by molar-refractivity contribution is -0.181. The number of hydrogen-bond donors (Lipinski definition) is 0. The molecule has 0 saturated carbocycles. The molecule has 2 atom stereocenters. The molecule has 0 unspecified atom stereocenters. The Balaban J connectivity index is 1.76. The Bertz CT molecular complexity index is 604. The number of amides is 2. The van der Waals surface area contributed by atoms with Gasteiger partial charge in [-0.05, 0) is 24.5 Å². The summed E-state index contributed by atoms with van der Waals surface area (Å²) in [7, 11) is 0. The van der Waals surface area contributed by atoms with Gasteiger partial charge in [0.1, 0.15) is 0 Å². The van der Waals surface area contributed by atoms with E-state index in [1.807, 2.05) is 13.8 Å². The number of hydroxylamine groups is 2. The van der Waals surface area contributed by atoms with Crippen molar-refractivity contribution in [3.8, 4) is 0 Å². The van der Waals surface area contributed by atoms with Crippen molar-refractivity contribution in [2.75, 3.05) is 6.61 Å². The van der Waals surface area contributed by atoms with Gasteiger partial charge in [0.2, 0.25) is 0 Å². The summed E-state index contributed by atoms with van der Waals surface area (Å²) in [5.41, 5.74) is 0.487. The second-order valence-electron chi connectivity index (χ2n) is 5.85. The van der Waals surface area contributed by atoms with Crippen LogP contribution in [0.25, 0.3) is 0 Å². The largest absolute Gasteiger partial charge is 0.366 e. The average Bonchev–Trinajstić information content (AvgIpc) is 3.08. The van der Waals surface area contributed by atoms with E-state index in [1.54, 1.807) is 12.1 Å². The summed E-state index contributed by atoms with van der Waals surface area (Å²) in [6, 6.07) is 6.38. The van der Waals surface area contributed by atoms with E-state index in [4.69, 9.17) is 9.57 Å². The monoisotopic (exact) mass is 303 g/mol. The number of ether oxygens (including phenoxy) is 1. The predicted molar refractivity (Wildman–Crippen MR) is 75.7 cm³/mol. The molecule has 0 spiro atoms. The van der Waals surface area contributed by atoms with Gasteiger partial charge in [0.25, 0.3) is 11.8 Å². The first kappa shape index (κ1) is 14.7. The van der Waals surface area contributed by atoms with Crippen LogP contribution in [-0.4, -0.2) is 35.6 Å². The number of nitrogens with zero attached hydrogens (tertiary/aromatic N) is 1. The van der Waals surface area contributed by atoms with Crippen molar-refractivity contribution in [3.63, 3.8) is 0 Å². The molecule has 2 amide bonds. The molecular weight excluding hydrogens is 286 g/mol. The van der Waals surface area contributed by atoms with E-state index < -0.39 is 23.9 Å². The van der Waals surface area contributed by atoms with Crippen LogP contribution in [0.3, 0.4) is 0 Å². The second-order valence-corrected chi connectivity index (χ2v) is 5.85. The summed E-state index contributed by atoms with van der Waals surface area (Å²) in [6.45, 7) is 4.48. The average molecular weight is 303 g/mol. The lowest BCUT2D eigenvalue weighted by Crippen LogP contribution is -2.39. The molecule has 0 aliphatic carbocycles. The van der Waals surface area contributed by atoms with E-state index in [-0.39, 0.29) is 23.0 Å². The third-order valence-corrected chi connectivity index (χ3v) is 4.16. The van der Waals surface area contributed by atoms with Gasteiger partial charge in [-0.25, -0.2) is 4.79 Å². The Morgan fingerprint density at radius 1 is 1.23 bits per heavy atom. The van der Waals surface area contributed by atoms with Crippen LogP contribution in [0.1, 0.15) is 41.0 Å². The molecule has 116 valence electrons. The number of carbonyl (C=O) groups excluding carboxylic acids is 3. The van der Waals surface area contributed by atoms with Gasteiger partial charge in [-0.3, -0.25) is 9.59 Å². The van der Waals surface area contributed by atoms with Crippen LogP contribution in [0.5, 0.6) is 0 Å². The van der Waals surface area contributed by atoms with Crippen molar-refractivity contribution in [2.45, 2.75) is 26.4 Å². The Morgan fingerprint density at radius 3 is 2.36 bits per heavy atom. The molecule has 1 fully saturated rings. The lowest BCUT2D eigenvalue weighted by Gasteiger charge is -2.21. The van der Waals surface area contributed by atoms with Gasteiger partial charge in [-0.15, -0.1) is 0 Å². The fraction of sp³-hybridized carbons (Fsp3) is 0.438. The molecule has 2 aliphatic rings. The first-order valence-electron chi connectivity index (χ1n) is 7.32. The zero-order valence-electron chi connectivity index (χ0n) is 12.4. The SMILES string of the molecule is CC(C)[C@@H]1CCO[C@@H]1C(=O)ON1C(=O)c2ccccc2C1=O. The van der Waals surface area contributed by atoms with Gasteiger partial charge >= 0.3 is 5.97 Å². The maximum absolute atomic E-state index is 12.3. The number of hydrogen-bond acceptors (Lipinski definition) is 5. The first-order valence-corrected chi connectivity index (χ1v) is 7.32. The van der Waals surface area contributed by atoms with Crippen molar-refractivity contribution in [3.05, 3.63) is 35.4 Å². The second kappa shape index (κ2) is 5.53. The van der Waals surface area contributed by atoms with Crippen LogP contribution >= 0.6 is 0 Å². The number of imide groups is 1. The topological polar surface area (TPSA) is 72.9 Å². The van der Waals surface area contributed by atoms with Gasteiger partial charge in [-0.2, -0.15) is 0 Å². The number of carbonyl (C=O) groups is 3. The molecule has 6 heteroatoms. The summed E-state index contributed by atoms with van der Waals surface area (Å²) in [4.78, 5) is 41.6. The third kappa shape index (κ3) is 2.29. The van der Waals surface area contributed by atoms with Crippen molar-refractivity contribution >= 4 is 17.8 Å². The number of fused-ring (bicyclic) bond motifs is 1. The van der Waals surface area contributed by atoms with Crippen molar-refractivity contribution in [1.82, 2.24) is 5.06 Å². The minimum Gasteiger partial charge on any atom is -0.366 e. The fourth-order valence-electron chi connectivity index (χ4n) is 2.92. The summed E-state index contributed by atoms with van der Waals surface area (Å²) in [6.07, 6.45) is 0.0313. The zero-order chi connectivity index (χ0) is 15.9. The normalized spacial score (nSPS) is 24.0. The van der Waals surface area contributed by atoms with Crippen molar-refractivity contribution in [1.29, 1.82) is 0 Å². The van der Waals surface area contributed by atoms with Crippen LogP contribution in [0.4, 0.5) is 0 Å². The highest BCUT2D eigenvalue weighted by atomic mass is 16.7. The molecule has 6 nitrogen and oxygen atoms in total. The zero-order valence-corrected chi connectivity index (χ0v) is 12.4. The van der Waals surface area contributed by atoms with E-state index in [1.165, 1.54) is 12.1 Å². The molecule has 0 bridgehead atoms. The molecule has 1 saturated heterocycles. The molecule has 2 aliphatic heterocycles. The molecule has 22 heavy (non-hydrogen) atoms. The van der Waals surface area contributed by atoms with Crippen LogP contribution in [0.15, 0.2) is 24.3 Å². The Kier molecular flexibility index (Phi) is 3.70. The van der Waals surface area contributed by atoms with Crippen molar-refractivity contribution in [2.24, 2.45) is 11.8 Å². The Hall–Kier alpha value is -2.21. The predicted octanol–water partition coefficient (Wildman–Crippen LogP) is 1.80. The van der Waals surface area contributed by atoms with Gasteiger partial charge in [-0.1, -0.05) is 31.0 Å². The highest BCUT2D eigenvalue weighted by molar-refractivity contribution is 6.20. The molecule has 0 radical (unpaired) electrons. The highest BCUT2D eigenvalue weighted by Crippen LogP contribution is 2.30. The van der Waals surface area contributed by atoms with Crippen LogP contribution in [0, 0.1) is 11.8 Å². The van der Waals surface area contributed by atoms with Crippen LogP contribution < -0.4 is 0 Å². The summed E-state index contributed by atoms with van der Waals surface area (Å²) < 4.78 is 5.42. The summed E-state index contributed by atoms with van der Waals surface area (Å²) in [5, 5.41) is 0.534. The summed E-state index contributed by atoms with van der Waals surface area (Å²) >= 11 is 0. The van der Waals surface area contributed by atoms with Crippen molar-refractivity contribution < 1.29 is 24.0 Å². The van der Waals surface area contributed by atoms with Crippen LogP contribution in [0.2, 0.25) is 0 Å². The summed E-state index contributed by atoms with van der Waals surface area (Å²) in [5.74, 6) is -1.64. The van der Waals surface area contributed by atoms with Gasteiger partial charge in [0.05, 0.1) is 11.1 Å². The van der Waals surface area contributed by atoms with Gasteiger partial charge in [0.15, 0.2) is 6.10 Å². The lowest BCUT2D eigenvalue weighted by atomic mass is 9.89. The highest BCUT2D eigenvalue weighted by Gasteiger charge is 2.43. The Labute approximate surface area is 127 Å². The van der Waals surface area contributed by atoms with Gasteiger partial charge < -0.3 is 9.57 Å². The standard InChI is InChI=1S/C16H17NO5/c1-9(2)10-7-8-21-13(10)16(20)22-17-14(18)11-5-3-4-6-12(11)15(17)19/h3-6,9-10,13H,7-8H2,1-2H3/t10-,13-/m0/s1.